The molecule has 2 aromatic heterocycles. The van der Waals surface area contributed by atoms with Crippen molar-refractivity contribution in [1.82, 2.24) is 9.97 Å². The van der Waals surface area contributed by atoms with Crippen LogP contribution in [-0.2, 0) is 0 Å². The largest absolute Gasteiger partial charge is 0.298 e. The molecule has 0 spiro atoms. The number of nitrogens with zero attached hydrogens (tertiary/aromatic N) is 2. The fraction of sp³-hybridized carbons (Fsp3) is 0.0769. The van der Waals surface area contributed by atoms with E-state index in [1.807, 2.05) is 0 Å². The summed E-state index contributed by atoms with van der Waals surface area (Å²) >= 11 is 16.7. The van der Waals surface area contributed by atoms with E-state index in [4.69, 9.17) is 34.8 Å². The van der Waals surface area contributed by atoms with Crippen molar-refractivity contribution >= 4 is 47.4 Å². The van der Waals surface area contributed by atoms with Crippen molar-refractivity contribution in [3.63, 3.8) is 0 Å². The summed E-state index contributed by atoms with van der Waals surface area (Å²) in [7, 11) is 0. The lowest BCUT2D eigenvalue weighted by Crippen LogP contribution is -1.90. The Morgan fingerprint density at radius 2 is 1.40 bits per heavy atom. The van der Waals surface area contributed by atoms with Crippen molar-refractivity contribution < 1.29 is 9.59 Å². The van der Waals surface area contributed by atoms with Gasteiger partial charge < -0.3 is 0 Å². The van der Waals surface area contributed by atoms with Gasteiger partial charge in [0.05, 0.1) is 21.2 Å². The Morgan fingerprint density at radius 1 is 0.900 bits per heavy atom. The molecule has 0 aliphatic rings. The molecule has 0 radical (unpaired) electrons. The third kappa shape index (κ3) is 4.27. The molecule has 2 rings (SSSR count). The number of aromatic nitrogens is 2. The SMILES string of the molecule is Cc1nccc(Cl)c1C=O.O=Cc1c(Cl)ccnc1Cl. The van der Waals surface area contributed by atoms with Gasteiger partial charge in [0, 0.05) is 18.1 Å². The fourth-order valence-electron chi connectivity index (χ4n) is 1.22. The summed E-state index contributed by atoms with van der Waals surface area (Å²) in [6, 6.07) is 3.11. The standard InChI is InChI=1S/C7H6ClNO.C6H3Cl2NO/c1-5-6(4-10)7(8)2-3-9-5;7-5-1-2-9-6(8)4(5)3-10/h2-4H,1H3;1-3H. The van der Waals surface area contributed by atoms with Crippen LogP contribution in [0.25, 0.3) is 0 Å². The van der Waals surface area contributed by atoms with E-state index in [0.29, 0.717) is 33.9 Å². The Kier molecular flexibility index (Phi) is 6.58. The van der Waals surface area contributed by atoms with Crippen molar-refractivity contribution in [2.24, 2.45) is 0 Å². The highest BCUT2D eigenvalue weighted by molar-refractivity contribution is 6.37. The van der Waals surface area contributed by atoms with Gasteiger partial charge in [-0.05, 0) is 19.1 Å². The van der Waals surface area contributed by atoms with Crippen LogP contribution in [0.15, 0.2) is 24.5 Å². The van der Waals surface area contributed by atoms with E-state index in [9.17, 15) is 9.59 Å². The first-order valence-electron chi connectivity index (χ1n) is 5.32. The lowest BCUT2D eigenvalue weighted by Gasteiger charge is -1.96. The first-order valence-corrected chi connectivity index (χ1v) is 6.46. The third-order valence-electron chi connectivity index (χ3n) is 2.26. The lowest BCUT2D eigenvalue weighted by molar-refractivity contribution is 0.111. The summed E-state index contributed by atoms with van der Waals surface area (Å²) in [4.78, 5) is 28.1. The zero-order chi connectivity index (χ0) is 15.1. The van der Waals surface area contributed by atoms with Crippen LogP contribution in [0.1, 0.15) is 26.4 Å². The molecule has 0 unspecified atom stereocenters. The predicted octanol–water partition coefficient (Wildman–Crippen LogP) is 4.06. The van der Waals surface area contributed by atoms with Gasteiger partial charge in [-0.25, -0.2) is 4.98 Å². The fourth-order valence-corrected chi connectivity index (χ4v) is 1.90. The molecule has 0 fully saturated rings. The van der Waals surface area contributed by atoms with Gasteiger partial charge >= 0.3 is 0 Å². The van der Waals surface area contributed by atoms with Crippen LogP contribution in [0.2, 0.25) is 15.2 Å². The molecule has 0 aliphatic carbocycles. The van der Waals surface area contributed by atoms with Gasteiger partial charge in [-0.3, -0.25) is 14.6 Å². The van der Waals surface area contributed by atoms with Crippen LogP contribution in [0.4, 0.5) is 0 Å². The summed E-state index contributed by atoms with van der Waals surface area (Å²) < 4.78 is 0. The van der Waals surface area contributed by atoms with E-state index in [2.05, 4.69) is 9.97 Å². The average molecular weight is 332 g/mol. The van der Waals surface area contributed by atoms with Crippen molar-refractivity contribution in [3.05, 3.63) is 56.5 Å². The highest BCUT2D eigenvalue weighted by Gasteiger charge is 2.03. The molecule has 20 heavy (non-hydrogen) atoms. The number of hydrogen-bond acceptors (Lipinski definition) is 4. The molecule has 4 nitrogen and oxygen atoms in total. The Balaban J connectivity index is 0.000000200. The molecular formula is C13H9Cl3N2O2. The van der Waals surface area contributed by atoms with Gasteiger partial charge in [-0.2, -0.15) is 0 Å². The smallest absolute Gasteiger partial charge is 0.154 e. The summed E-state index contributed by atoms with van der Waals surface area (Å²) in [5, 5.41) is 0.931. The van der Waals surface area contributed by atoms with Crippen LogP contribution in [0, 0.1) is 6.92 Å². The molecule has 2 aromatic rings. The molecule has 104 valence electrons. The Labute approximate surface area is 130 Å². The van der Waals surface area contributed by atoms with E-state index >= 15 is 0 Å². The molecule has 0 N–H and O–H groups in total. The molecule has 2 heterocycles. The van der Waals surface area contributed by atoms with E-state index in [-0.39, 0.29) is 10.7 Å². The number of rotatable bonds is 2. The number of hydrogen-bond donors (Lipinski definition) is 0. The predicted molar refractivity (Wildman–Crippen MR) is 79.0 cm³/mol. The molecule has 7 heteroatoms. The number of halogens is 3. The molecule has 0 atom stereocenters. The van der Waals surface area contributed by atoms with Crippen LogP contribution in [0.5, 0.6) is 0 Å². The molecule has 0 bridgehead atoms. The van der Waals surface area contributed by atoms with Gasteiger partial charge in [0.1, 0.15) is 5.15 Å². The molecule has 0 saturated carbocycles. The maximum absolute atomic E-state index is 10.3. The second-order valence-electron chi connectivity index (χ2n) is 3.52. The zero-order valence-corrected chi connectivity index (χ0v) is 12.6. The minimum atomic E-state index is 0.141. The molecule has 0 aromatic carbocycles. The molecule has 0 amide bonds. The second kappa shape index (κ2) is 7.94. The van der Waals surface area contributed by atoms with Crippen molar-refractivity contribution in [2.45, 2.75) is 6.92 Å². The minimum absolute atomic E-state index is 0.141. The first kappa shape index (κ1) is 16.6. The van der Waals surface area contributed by atoms with E-state index in [1.165, 1.54) is 12.3 Å². The van der Waals surface area contributed by atoms with Crippen LogP contribution in [-0.4, -0.2) is 22.5 Å². The summed E-state index contributed by atoms with van der Waals surface area (Å²) in [6.07, 6.45) is 4.31. The maximum atomic E-state index is 10.3. The van der Waals surface area contributed by atoms with E-state index in [1.54, 1.807) is 19.2 Å². The van der Waals surface area contributed by atoms with Gasteiger partial charge in [0.2, 0.25) is 0 Å². The Morgan fingerprint density at radius 3 is 1.75 bits per heavy atom. The quantitative estimate of drug-likeness (QED) is 0.615. The van der Waals surface area contributed by atoms with Gasteiger partial charge in [0.15, 0.2) is 12.6 Å². The van der Waals surface area contributed by atoms with Crippen molar-refractivity contribution in [3.8, 4) is 0 Å². The van der Waals surface area contributed by atoms with Gasteiger partial charge in [-0.1, -0.05) is 34.8 Å². The first-order chi connectivity index (χ1) is 9.51. The lowest BCUT2D eigenvalue weighted by atomic mass is 10.2. The number of carbonyl (C=O) groups is 2. The highest BCUT2D eigenvalue weighted by atomic mass is 35.5. The van der Waals surface area contributed by atoms with Crippen molar-refractivity contribution in [1.29, 1.82) is 0 Å². The third-order valence-corrected chi connectivity index (χ3v) is 3.22. The number of aldehydes is 2. The van der Waals surface area contributed by atoms with E-state index in [0.717, 1.165) is 0 Å². The van der Waals surface area contributed by atoms with Crippen molar-refractivity contribution in [2.75, 3.05) is 0 Å². The Bertz CT molecular complexity index is 537. The average Bonchev–Trinajstić information content (AvgIpc) is 2.40. The number of carbonyl (C=O) groups excluding carboxylic acids is 2. The highest BCUT2D eigenvalue weighted by Crippen LogP contribution is 2.19. The monoisotopic (exact) mass is 330 g/mol. The van der Waals surface area contributed by atoms with Crippen LogP contribution >= 0.6 is 34.8 Å². The summed E-state index contributed by atoms with van der Waals surface area (Å²) in [6.45, 7) is 1.75. The van der Waals surface area contributed by atoms with E-state index < -0.39 is 0 Å². The summed E-state index contributed by atoms with van der Waals surface area (Å²) in [5.74, 6) is 0. The minimum Gasteiger partial charge on any atom is -0.298 e. The topological polar surface area (TPSA) is 59.9 Å². The molecule has 0 aliphatic heterocycles. The number of aryl methyl sites for hydroxylation is 1. The van der Waals surface area contributed by atoms with Crippen LogP contribution in [0.3, 0.4) is 0 Å². The Hall–Kier alpha value is -1.49. The van der Waals surface area contributed by atoms with Gasteiger partial charge in [-0.15, -0.1) is 0 Å². The maximum Gasteiger partial charge on any atom is 0.154 e. The second-order valence-corrected chi connectivity index (χ2v) is 4.70. The van der Waals surface area contributed by atoms with Gasteiger partial charge in [0.25, 0.3) is 0 Å². The summed E-state index contributed by atoms with van der Waals surface area (Å²) in [5.41, 5.74) is 1.39. The normalized spacial score (nSPS) is 9.40. The van der Waals surface area contributed by atoms with Crippen LogP contribution < -0.4 is 0 Å². The molecular weight excluding hydrogens is 323 g/mol. The number of pyridine rings is 2. The zero-order valence-electron chi connectivity index (χ0n) is 10.3. The molecule has 0 saturated heterocycles.